The second-order valence-electron chi connectivity index (χ2n) is 24.8. The van der Waals surface area contributed by atoms with Crippen molar-refractivity contribution in [3.63, 3.8) is 0 Å². The Morgan fingerprint density at radius 1 is 0.487 bits per heavy atom. The average Bonchev–Trinajstić information content (AvgIpc) is 4.20. The lowest BCUT2D eigenvalue weighted by atomic mass is 9.33. The van der Waals surface area contributed by atoms with Crippen LogP contribution in [0.3, 0.4) is 0 Å². The number of rotatable bonds is 4. The lowest BCUT2D eigenvalue weighted by Crippen LogP contribution is -2.61. The summed E-state index contributed by atoms with van der Waals surface area (Å²) in [6, 6.07) is 69.8. The molecule has 0 spiro atoms. The molecule has 4 nitrogen and oxygen atoms in total. The van der Waals surface area contributed by atoms with E-state index in [0.717, 1.165) is 40.5 Å². The van der Waals surface area contributed by atoms with Gasteiger partial charge in [-0.25, -0.2) is 0 Å². The molecule has 1 fully saturated rings. The molecule has 0 amide bonds. The molecule has 0 saturated heterocycles. The first-order valence-corrected chi connectivity index (χ1v) is 28.4. The summed E-state index contributed by atoms with van der Waals surface area (Å²) >= 11 is 1.91. The van der Waals surface area contributed by atoms with E-state index in [2.05, 4.69) is 252 Å². The second kappa shape index (κ2) is 16.0. The van der Waals surface area contributed by atoms with Crippen molar-refractivity contribution in [1.82, 2.24) is 0 Å². The minimum absolute atomic E-state index is 0.0284. The maximum absolute atomic E-state index is 6.92. The summed E-state index contributed by atoms with van der Waals surface area (Å²) in [7, 11) is 0. The number of nitrogens with zero attached hydrogens (tertiary/aromatic N) is 3. The minimum Gasteiger partial charge on any atom is -0.456 e. The molecule has 11 aromatic rings. The van der Waals surface area contributed by atoms with Crippen LogP contribution in [0, 0.1) is 0 Å². The third-order valence-electron chi connectivity index (χ3n) is 18.5. The van der Waals surface area contributed by atoms with E-state index in [1.807, 2.05) is 11.3 Å². The number of benzene rings is 9. The third kappa shape index (κ3) is 6.37. The molecular formula is C70H62BN3OS. The van der Waals surface area contributed by atoms with Crippen molar-refractivity contribution in [3.05, 3.63) is 199 Å². The fraction of sp³-hybridized carbons (Fsp3) is 0.229. The zero-order chi connectivity index (χ0) is 51.6. The molecule has 5 heterocycles. The average molecular weight is 1000 g/mol. The SMILES string of the molecule is CC(C)(C)c1ccc2c(c1)B1c3cc4oc5ccccc5c4cc3N(c3ccc(C(C)(C)C)cc3-c3ccccc3)c3cc(N4c5ccccc5C5(C)CCCCC45C)cc(c31)N2c1cccc2c1sc1ccccc12. The van der Waals surface area contributed by atoms with Crippen molar-refractivity contribution in [2.75, 3.05) is 14.7 Å². The largest absolute Gasteiger partial charge is 0.456 e. The van der Waals surface area contributed by atoms with E-state index in [9.17, 15) is 0 Å². The molecule has 3 aliphatic heterocycles. The number of hydrogen-bond acceptors (Lipinski definition) is 5. The highest BCUT2D eigenvalue weighted by Crippen LogP contribution is 2.62. The van der Waals surface area contributed by atoms with Crippen LogP contribution >= 0.6 is 11.3 Å². The Labute approximate surface area is 451 Å². The molecule has 0 N–H and O–H groups in total. The Morgan fingerprint density at radius 2 is 1.12 bits per heavy atom. The standard InChI is InChI=1S/C70H62BN3OS/c1-67(2,3)44-31-33-55(50(37-44)43-21-10-9-11-22-43)72-59-41-51-47-23-12-16-29-62(47)75-63(51)42-54(59)71-53-38-45(68(4,5)6)32-34-57(53)73(58-28-20-25-49-48-24-13-17-30-64(48)76-66(49)58)61-40-46(39-60(72)65(61)71)74-56-27-15-14-26-52(56)69(7)35-18-19-36-70(69,74)8/h9-17,20-34,37-42H,18-19,35-36H2,1-8H3. The van der Waals surface area contributed by atoms with Crippen molar-refractivity contribution in [3.8, 4) is 11.1 Å². The van der Waals surface area contributed by atoms with Gasteiger partial charge in [-0.15, -0.1) is 11.3 Å². The molecule has 2 aromatic heterocycles. The lowest BCUT2D eigenvalue weighted by molar-refractivity contribution is 0.195. The fourth-order valence-corrected chi connectivity index (χ4v) is 15.6. The first-order chi connectivity index (χ1) is 36.7. The first-order valence-electron chi connectivity index (χ1n) is 27.6. The summed E-state index contributed by atoms with van der Waals surface area (Å²) in [5.74, 6) is 0. The predicted octanol–water partition coefficient (Wildman–Crippen LogP) is 18.0. The van der Waals surface area contributed by atoms with Crippen molar-refractivity contribution in [2.24, 2.45) is 0 Å². The molecule has 6 heteroatoms. The number of hydrogen-bond donors (Lipinski definition) is 0. The van der Waals surface area contributed by atoms with E-state index in [4.69, 9.17) is 4.42 Å². The van der Waals surface area contributed by atoms with Gasteiger partial charge in [0.2, 0.25) is 0 Å². The topological polar surface area (TPSA) is 22.9 Å². The van der Waals surface area contributed by atoms with E-state index < -0.39 is 0 Å². The van der Waals surface area contributed by atoms with Gasteiger partial charge in [0.15, 0.2) is 0 Å². The van der Waals surface area contributed by atoms with Gasteiger partial charge >= 0.3 is 0 Å². The Kier molecular flexibility index (Phi) is 9.65. The summed E-state index contributed by atoms with van der Waals surface area (Å²) in [6.07, 6.45) is 4.71. The van der Waals surface area contributed by atoms with Gasteiger partial charge in [-0.1, -0.05) is 177 Å². The zero-order valence-corrected chi connectivity index (χ0v) is 45.7. The van der Waals surface area contributed by atoms with Crippen LogP contribution in [0.2, 0.25) is 0 Å². The van der Waals surface area contributed by atoms with Crippen LogP contribution < -0.4 is 31.1 Å². The van der Waals surface area contributed by atoms with Gasteiger partial charge in [0.05, 0.1) is 21.6 Å². The maximum Gasteiger partial charge on any atom is 0.252 e. The van der Waals surface area contributed by atoms with Crippen LogP contribution in [0.25, 0.3) is 53.2 Å². The molecule has 0 bridgehead atoms. The van der Waals surface area contributed by atoms with Crippen LogP contribution in [-0.4, -0.2) is 12.3 Å². The fourth-order valence-electron chi connectivity index (χ4n) is 14.4. The van der Waals surface area contributed by atoms with Gasteiger partial charge in [-0.05, 0) is 136 Å². The van der Waals surface area contributed by atoms with Crippen molar-refractivity contribution < 1.29 is 4.42 Å². The van der Waals surface area contributed by atoms with E-state index in [1.54, 1.807) is 0 Å². The highest BCUT2D eigenvalue weighted by atomic mass is 32.1. The van der Waals surface area contributed by atoms with E-state index in [-0.39, 0.29) is 28.5 Å². The van der Waals surface area contributed by atoms with E-state index in [1.165, 1.54) is 117 Å². The Morgan fingerprint density at radius 3 is 1.91 bits per heavy atom. The highest BCUT2D eigenvalue weighted by Gasteiger charge is 2.58. The predicted molar refractivity (Wildman–Crippen MR) is 326 cm³/mol. The lowest BCUT2D eigenvalue weighted by Gasteiger charge is -2.51. The smallest absolute Gasteiger partial charge is 0.252 e. The summed E-state index contributed by atoms with van der Waals surface area (Å²) in [5.41, 5.74) is 21.6. The molecule has 0 radical (unpaired) electrons. The monoisotopic (exact) mass is 1000 g/mol. The van der Waals surface area contributed by atoms with Gasteiger partial charge in [0.1, 0.15) is 11.2 Å². The van der Waals surface area contributed by atoms with Crippen LogP contribution in [0.15, 0.2) is 186 Å². The molecule has 2 unspecified atom stereocenters. The molecule has 1 saturated carbocycles. The molecule has 4 aliphatic rings. The highest BCUT2D eigenvalue weighted by molar-refractivity contribution is 7.26. The number of anilines is 8. The van der Waals surface area contributed by atoms with E-state index in [0.29, 0.717) is 0 Å². The number of fused-ring (bicyclic) bond motifs is 13. The Bertz CT molecular complexity index is 4230. The van der Waals surface area contributed by atoms with Crippen LogP contribution in [-0.2, 0) is 16.2 Å². The molecule has 1 aliphatic carbocycles. The summed E-state index contributed by atoms with van der Waals surface area (Å²) < 4.78 is 9.53. The molecule has 76 heavy (non-hydrogen) atoms. The molecular weight excluding hydrogens is 942 g/mol. The summed E-state index contributed by atoms with van der Waals surface area (Å²) in [6.45, 7) is 19.1. The molecule has 9 aromatic carbocycles. The van der Waals surface area contributed by atoms with Gasteiger partial charge in [-0.2, -0.15) is 0 Å². The van der Waals surface area contributed by atoms with Crippen molar-refractivity contribution >= 4 is 122 Å². The van der Waals surface area contributed by atoms with Gasteiger partial charge in [0.25, 0.3) is 6.71 Å². The van der Waals surface area contributed by atoms with Crippen molar-refractivity contribution in [1.29, 1.82) is 0 Å². The number of thiophene rings is 1. The van der Waals surface area contributed by atoms with Crippen LogP contribution in [0.1, 0.15) is 97.8 Å². The Balaban J connectivity index is 1.13. The van der Waals surface area contributed by atoms with Crippen molar-refractivity contribution in [2.45, 2.75) is 103 Å². The quantitative estimate of drug-likeness (QED) is 0.164. The van der Waals surface area contributed by atoms with Crippen LogP contribution in [0.5, 0.6) is 0 Å². The molecule has 15 rings (SSSR count). The maximum atomic E-state index is 6.92. The number of furan rings is 1. The zero-order valence-electron chi connectivity index (χ0n) is 44.9. The summed E-state index contributed by atoms with van der Waals surface area (Å²) in [5, 5.41) is 4.86. The van der Waals surface area contributed by atoms with Gasteiger partial charge in [0, 0.05) is 71.3 Å². The van der Waals surface area contributed by atoms with Gasteiger partial charge in [-0.3, -0.25) is 0 Å². The Hall–Kier alpha value is -7.54. The second-order valence-corrected chi connectivity index (χ2v) is 25.8. The van der Waals surface area contributed by atoms with Gasteiger partial charge < -0.3 is 19.1 Å². The summed E-state index contributed by atoms with van der Waals surface area (Å²) in [4.78, 5) is 8.14. The minimum atomic E-state index is -0.164. The number of para-hydroxylation sites is 2. The molecule has 2 atom stereocenters. The normalized spacial score (nSPS) is 18.8. The first kappa shape index (κ1) is 45.8. The van der Waals surface area contributed by atoms with Crippen LogP contribution in [0.4, 0.5) is 45.5 Å². The third-order valence-corrected chi connectivity index (χ3v) is 19.7. The molecule has 372 valence electrons. The van der Waals surface area contributed by atoms with E-state index >= 15 is 0 Å².